The van der Waals surface area contributed by atoms with Crippen molar-refractivity contribution in [1.82, 2.24) is 0 Å². The van der Waals surface area contributed by atoms with E-state index in [0.29, 0.717) is 0 Å². The first-order valence-corrected chi connectivity index (χ1v) is 3.95. The van der Waals surface area contributed by atoms with Crippen LogP contribution in [0.5, 0.6) is 0 Å². The minimum Gasteiger partial charge on any atom is -0.389 e. The Labute approximate surface area is 73.8 Å². The van der Waals surface area contributed by atoms with Crippen LogP contribution in [0.4, 0.5) is 0 Å². The summed E-state index contributed by atoms with van der Waals surface area (Å²) in [5.74, 6) is 0. The maximum Gasteiger partial charge on any atom is 0.111 e. The first-order chi connectivity index (χ1) is 5.46. The molecule has 0 bridgehead atoms. The van der Waals surface area contributed by atoms with E-state index in [1.165, 1.54) is 0 Å². The Morgan fingerprint density at radius 2 is 0.833 bits per heavy atom. The van der Waals surface area contributed by atoms with Crippen molar-refractivity contribution in [1.29, 1.82) is 0 Å². The summed E-state index contributed by atoms with van der Waals surface area (Å²) < 4.78 is 0. The molecule has 6 heteroatoms. The van der Waals surface area contributed by atoms with Crippen LogP contribution in [0.25, 0.3) is 0 Å². The van der Waals surface area contributed by atoms with Gasteiger partial charge >= 0.3 is 0 Å². The van der Waals surface area contributed by atoms with E-state index in [-0.39, 0.29) is 0 Å². The van der Waals surface area contributed by atoms with Crippen LogP contribution in [-0.4, -0.2) is 61.4 Å². The molecule has 0 radical (unpaired) electrons. The highest BCUT2D eigenvalue weighted by molar-refractivity contribution is 6.21. The fourth-order valence-corrected chi connectivity index (χ4v) is 1.48. The Balaban J connectivity index is 2.76. The van der Waals surface area contributed by atoms with Gasteiger partial charge in [-0.25, -0.2) is 0 Å². The second-order valence-corrected chi connectivity index (χ2v) is 3.40. The number of hydrogen-bond acceptors (Lipinski definition) is 5. The highest BCUT2D eigenvalue weighted by Gasteiger charge is 2.47. The summed E-state index contributed by atoms with van der Waals surface area (Å²) in [6.07, 6.45) is -7.47. The number of alkyl halides is 1. The van der Waals surface area contributed by atoms with E-state index in [1.807, 2.05) is 0 Å². The van der Waals surface area contributed by atoms with Crippen molar-refractivity contribution in [2.45, 2.75) is 35.9 Å². The van der Waals surface area contributed by atoms with Gasteiger partial charge in [-0.2, -0.15) is 0 Å². The lowest BCUT2D eigenvalue weighted by Gasteiger charge is -2.39. The zero-order chi connectivity index (χ0) is 9.46. The first kappa shape index (κ1) is 10.2. The Morgan fingerprint density at radius 3 is 1.17 bits per heavy atom. The van der Waals surface area contributed by atoms with Crippen LogP contribution in [0.15, 0.2) is 0 Å². The molecular weight excluding hydrogens is 188 g/mol. The van der Waals surface area contributed by atoms with E-state index in [4.69, 9.17) is 37.1 Å². The summed E-state index contributed by atoms with van der Waals surface area (Å²) >= 11 is 5.44. The molecule has 0 aromatic rings. The average molecular weight is 199 g/mol. The molecule has 1 saturated carbocycles. The minimum absolute atomic E-state index is 1.17. The van der Waals surface area contributed by atoms with Crippen LogP contribution in [0.2, 0.25) is 0 Å². The van der Waals surface area contributed by atoms with Crippen molar-refractivity contribution in [2.24, 2.45) is 0 Å². The Hall–Kier alpha value is 0.0900. The lowest BCUT2D eigenvalue weighted by Crippen LogP contribution is -2.61. The van der Waals surface area contributed by atoms with Gasteiger partial charge in [0.2, 0.25) is 0 Å². The Morgan fingerprint density at radius 1 is 0.583 bits per heavy atom. The second-order valence-electron chi connectivity index (χ2n) is 2.90. The summed E-state index contributed by atoms with van der Waals surface area (Å²) in [5.41, 5.74) is 0. The number of rotatable bonds is 0. The second kappa shape index (κ2) is 3.45. The van der Waals surface area contributed by atoms with Gasteiger partial charge in [0.05, 0.1) is 5.38 Å². The molecule has 5 N–H and O–H groups in total. The molecule has 72 valence electrons. The molecule has 0 heterocycles. The quantitative estimate of drug-likeness (QED) is 0.275. The van der Waals surface area contributed by atoms with Crippen molar-refractivity contribution in [3.05, 3.63) is 0 Å². The molecule has 1 rings (SSSR count). The number of aliphatic hydroxyl groups is 5. The van der Waals surface area contributed by atoms with E-state index in [1.54, 1.807) is 0 Å². The molecule has 1 aliphatic rings. The third-order valence-electron chi connectivity index (χ3n) is 2.05. The minimum atomic E-state index is -1.56. The van der Waals surface area contributed by atoms with Gasteiger partial charge in [0.25, 0.3) is 0 Å². The van der Waals surface area contributed by atoms with Gasteiger partial charge in [0, 0.05) is 0 Å². The van der Waals surface area contributed by atoms with E-state index in [0.717, 1.165) is 0 Å². The topological polar surface area (TPSA) is 101 Å². The number of halogens is 1. The average Bonchev–Trinajstić information content (AvgIpc) is 2.08. The first-order valence-electron chi connectivity index (χ1n) is 3.51. The smallest absolute Gasteiger partial charge is 0.111 e. The molecule has 6 atom stereocenters. The summed E-state index contributed by atoms with van der Waals surface area (Å²) in [6.45, 7) is 0. The molecule has 0 amide bonds. The third kappa shape index (κ3) is 1.44. The molecule has 12 heavy (non-hydrogen) atoms. The van der Waals surface area contributed by atoms with E-state index in [9.17, 15) is 0 Å². The van der Waals surface area contributed by atoms with E-state index >= 15 is 0 Å². The van der Waals surface area contributed by atoms with E-state index < -0.39 is 35.9 Å². The summed E-state index contributed by atoms with van der Waals surface area (Å²) in [6, 6.07) is 0. The van der Waals surface area contributed by atoms with Crippen LogP contribution in [-0.2, 0) is 0 Å². The zero-order valence-electron chi connectivity index (χ0n) is 6.08. The Kier molecular flexibility index (Phi) is 2.92. The molecular formula is C6H11ClO5. The molecule has 0 spiro atoms. The molecule has 0 saturated heterocycles. The molecule has 1 fully saturated rings. The maximum absolute atomic E-state index is 9.09. The standard InChI is InChI=1S/C6H11ClO5/c7-1-2(8)4(10)6(12)5(11)3(1)9/h1-6,8-12H/t1?,2-,3+,4-,5+,6?. The molecule has 0 aromatic carbocycles. The van der Waals surface area contributed by atoms with Gasteiger partial charge in [-0.05, 0) is 0 Å². The van der Waals surface area contributed by atoms with Gasteiger partial charge < -0.3 is 25.5 Å². The van der Waals surface area contributed by atoms with Gasteiger partial charge in [-0.15, -0.1) is 11.6 Å². The van der Waals surface area contributed by atoms with Crippen molar-refractivity contribution in [3.63, 3.8) is 0 Å². The third-order valence-corrected chi connectivity index (χ3v) is 2.57. The maximum atomic E-state index is 9.09. The fraction of sp³-hybridized carbons (Fsp3) is 1.00. The number of aliphatic hydroxyl groups excluding tert-OH is 5. The predicted molar refractivity (Wildman–Crippen MR) is 39.7 cm³/mol. The van der Waals surface area contributed by atoms with Crippen LogP contribution in [0.1, 0.15) is 0 Å². The molecule has 2 unspecified atom stereocenters. The van der Waals surface area contributed by atoms with Gasteiger partial charge in [-0.1, -0.05) is 0 Å². The SMILES string of the molecule is OC1[C@@H](O)[C@@H](O)C(Cl)[C@@H](O)[C@H]1O. The molecule has 1 aliphatic carbocycles. The van der Waals surface area contributed by atoms with Crippen LogP contribution >= 0.6 is 11.6 Å². The van der Waals surface area contributed by atoms with Gasteiger partial charge in [0.1, 0.15) is 30.5 Å². The summed E-state index contributed by atoms with van der Waals surface area (Å²) in [5, 5.41) is 44.1. The normalized spacial score (nSPS) is 55.5. The zero-order valence-corrected chi connectivity index (χ0v) is 6.83. The van der Waals surface area contributed by atoms with E-state index in [2.05, 4.69) is 0 Å². The van der Waals surface area contributed by atoms with Gasteiger partial charge in [0.15, 0.2) is 0 Å². The number of hydrogen-bond donors (Lipinski definition) is 5. The molecule has 0 aliphatic heterocycles. The predicted octanol–water partition coefficient (Wildman–Crippen LogP) is -2.59. The molecule has 5 nitrogen and oxygen atoms in total. The summed E-state index contributed by atoms with van der Waals surface area (Å²) in [7, 11) is 0. The molecule has 0 aromatic heterocycles. The van der Waals surface area contributed by atoms with Crippen molar-refractivity contribution in [2.75, 3.05) is 0 Å². The highest BCUT2D eigenvalue weighted by Crippen LogP contribution is 2.24. The van der Waals surface area contributed by atoms with Crippen LogP contribution < -0.4 is 0 Å². The lowest BCUT2D eigenvalue weighted by atomic mass is 9.87. The largest absolute Gasteiger partial charge is 0.389 e. The van der Waals surface area contributed by atoms with Crippen molar-refractivity contribution < 1.29 is 25.5 Å². The summed E-state index contributed by atoms with van der Waals surface area (Å²) in [4.78, 5) is 0. The van der Waals surface area contributed by atoms with Crippen LogP contribution in [0.3, 0.4) is 0 Å². The highest BCUT2D eigenvalue weighted by atomic mass is 35.5. The lowest BCUT2D eigenvalue weighted by molar-refractivity contribution is -0.173. The Bertz CT molecular complexity index is 107. The van der Waals surface area contributed by atoms with Crippen molar-refractivity contribution in [3.8, 4) is 0 Å². The fourth-order valence-electron chi connectivity index (χ4n) is 1.18. The van der Waals surface area contributed by atoms with Crippen molar-refractivity contribution >= 4 is 11.6 Å². The van der Waals surface area contributed by atoms with Gasteiger partial charge in [-0.3, -0.25) is 0 Å². The van der Waals surface area contributed by atoms with Crippen LogP contribution in [0, 0.1) is 0 Å². The monoisotopic (exact) mass is 198 g/mol.